The van der Waals surface area contributed by atoms with Gasteiger partial charge in [0, 0.05) is 5.53 Å². The molecule has 0 atom stereocenters. The van der Waals surface area contributed by atoms with Crippen molar-refractivity contribution in [1.82, 2.24) is 0 Å². The highest BCUT2D eigenvalue weighted by Crippen LogP contribution is 3.05. The average Bonchev–Trinajstić information content (AvgIpc) is 1.93. The van der Waals surface area contributed by atoms with Gasteiger partial charge in [-0.1, -0.05) is 41.5 Å². The predicted octanol–water partition coefficient (Wildman–Crippen LogP) is 6.63. The summed E-state index contributed by atoms with van der Waals surface area (Å²) in [5.74, 6) is 0. The molecule has 122 valence electrons. The van der Waals surface area contributed by atoms with E-state index in [2.05, 4.69) is 85.3 Å². The Kier molecular flexibility index (Phi) is 6.03. The van der Waals surface area contributed by atoms with Crippen LogP contribution >= 0.6 is 34.5 Å². The van der Waals surface area contributed by atoms with Gasteiger partial charge in [-0.05, 0) is 53.3 Å². The summed E-state index contributed by atoms with van der Waals surface area (Å²) in [5, 5.41) is 0. The quantitative estimate of drug-likeness (QED) is 0.503. The normalized spacial score (nSPS) is 18.6. The standard InChI is InChI=1S/C15H39PS3/c1-14(2,3)18(10,11)16(17(7,8)9)19(12,13)15(4,5)6/h1-13H3. The van der Waals surface area contributed by atoms with Crippen LogP contribution in [0.1, 0.15) is 41.5 Å². The highest BCUT2D eigenvalue weighted by molar-refractivity contribution is 9.31. The minimum Gasteiger partial charge on any atom is -0.214 e. The van der Waals surface area contributed by atoms with Crippen LogP contribution in [0.15, 0.2) is 0 Å². The first-order chi connectivity index (χ1) is 7.87. The van der Waals surface area contributed by atoms with Crippen molar-refractivity contribution >= 4 is 34.5 Å². The van der Waals surface area contributed by atoms with E-state index in [-0.39, 0.29) is 5.53 Å². The van der Waals surface area contributed by atoms with E-state index < -0.39 is 28.9 Å². The van der Waals surface area contributed by atoms with Crippen molar-refractivity contribution in [3.05, 3.63) is 0 Å². The van der Waals surface area contributed by atoms with Crippen molar-refractivity contribution in [2.75, 3.05) is 43.8 Å². The van der Waals surface area contributed by atoms with E-state index in [0.717, 1.165) is 0 Å². The molecule has 0 aliphatic heterocycles. The molecule has 0 unspecified atom stereocenters. The fourth-order valence-corrected chi connectivity index (χ4v) is 54.8. The third-order valence-corrected chi connectivity index (χ3v) is 44.5. The molecular weight excluding hydrogens is 307 g/mol. The van der Waals surface area contributed by atoms with Gasteiger partial charge in [-0.2, -0.15) is 0 Å². The van der Waals surface area contributed by atoms with Crippen LogP contribution in [0.4, 0.5) is 0 Å². The summed E-state index contributed by atoms with van der Waals surface area (Å²) in [4.78, 5) is 0. The second-order valence-corrected chi connectivity index (χ2v) is 34.4. The molecule has 4 heteroatoms. The average molecular weight is 347 g/mol. The van der Waals surface area contributed by atoms with Crippen LogP contribution in [-0.2, 0) is 0 Å². The molecule has 0 radical (unpaired) electrons. The maximum Gasteiger partial charge on any atom is 0.0193 e. The highest BCUT2D eigenvalue weighted by Gasteiger charge is 2.49. The van der Waals surface area contributed by atoms with Crippen molar-refractivity contribution in [2.24, 2.45) is 0 Å². The lowest BCUT2D eigenvalue weighted by Crippen LogP contribution is -2.29. The Labute approximate surface area is 129 Å². The molecule has 0 aliphatic carbocycles. The van der Waals surface area contributed by atoms with Gasteiger partial charge in [0.05, 0.1) is 0 Å². The molecule has 0 aromatic rings. The topological polar surface area (TPSA) is 0 Å². The fraction of sp³-hybridized carbons (Fsp3) is 1.00. The zero-order valence-electron chi connectivity index (χ0n) is 15.7. The molecule has 0 aromatic carbocycles. The Morgan fingerprint density at radius 2 is 0.737 bits per heavy atom. The Morgan fingerprint density at radius 1 is 0.526 bits per heavy atom. The molecule has 0 spiro atoms. The van der Waals surface area contributed by atoms with E-state index in [1.165, 1.54) is 0 Å². The summed E-state index contributed by atoms with van der Waals surface area (Å²) in [7, 11) is -1.70. The van der Waals surface area contributed by atoms with Gasteiger partial charge in [-0.15, -0.1) is 0 Å². The van der Waals surface area contributed by atoms with Gasteiger partial charge in [-0.25, -0.2) is 28.9 Å². The molecule has 0 amide bonds. The Bertz CT molecular complexity index is 288. The van der Waals surface area contributed by atoms with Crippen LogP contribution < -0.4 is 0 Å². The minimum absolute atomic E-state index is 0.0856. The molecule has 0 aromatic heterocycles. The van der Waals surface area contributed by atoms with Crippen LogP contribution in [0, 0.1) is 0 Å². The molecular formula is C15H39PS3. The van der Waals surface area contributed by atoms with Gasteiger partial charge < -0.3 is 0 Å². The van der Waals surface area contributed by atoms with E-state index in [4.69, 9.17) is 0 Å². The fourth-order valence-electron chi connectivity index (χ4n) is 2.03. The molecule has 0 saturated carbocycles. The number of hydrogen-bond donors (Lipinski definition) is 0. The van der Waals surface area contributed by atoms with Gasteiger partial charge in [-0.3, -0.25) is 0 Å². The minimum atomic E-state index is -0.598. The smallest absolute Gasteiger partial charge is 0.0193 e. The monoisotopic (exact) mass is 346 g/mol. The molecule has 0 N–H and O–H groups in total. The lowest BCUT2D eigenvalue weighted by molar-refractivity contribution is 0.794. The van der Waals surface area contributed by atoms with Gasteiger partial charge in [0.1, 0.15) is 0 Å². The third-order valence-electron chi connectivity index (χ3n) is 4.19. The molecule has 0 heterocycles. The van der Waals surface area contributed by atoms with Crippen molar-refractivity contribution in [2.45, 2.75) is 51.0 Å². The highest BCUT2D eigenvalue weighted by atomic mass is 33.4. The van der Waals surface area contributed by atoms with Crippen LogP contribution in [0.25, 0.3) is 0 Å². The number of rotatable bonds is 3. The van der Waals surface area contributed by atoms with Gasteiger partial charge in [0.2, 0.25) is 0 Å². The van der Waals surface area contributed by atoms with Crippen LogP contribution in [-0.4, -0.2) is 53.3 Å². The van der Waals surface area contributed by atoms with Gasteiger partial charge >= 0.3 is 0 Å². The summed E-state index contributed by atoms with van der Waals surface area (Å²) >= 11 is 0. The lowest BCUT2D eigenvalue weighted by Gasteiger charge is -2.66. The molecule has 0 saturated heterocycles. The lowest BCUT2D eigenvalue weighted by atomic mass is 10.3. The zero-order chi connectivity index (χ0) is 16.1. The van der Waals surface area contributed by atoms with Crippen molar-refractivity contribution in [3.63, 3.8) is 0 Å². The Morgan fingerprint density at radius 3 is 0.842 bits per heavy atom. The maximum absolute atomic E-state index is 2.62. The second-order valence-electron chi connectivity index (χ2n) is 8.77. The Hall–Kier alpha value is 1.48. The third kappa shape index (κ3) is 4.24. The molecule has 0 nitrogen and oxygen atoms in total. The molecule has 0 rings (SSSR count). The van der Waals surface area contributed by atoms with Crippen molar-refractivity contribution in [3.8, 4) is 0 Å². The summed E-state index contributed by atoms with van der Waals surface area (Å²) < 4.78 is 0.906. The first kappa shape index (κ1) is 20.5. The largest absolute Gasteiger partial charge is 0.214 e. The van der Waals surface area contributed by atoms with E-state index in [0.29, 0.717) is 9.49 Å². The van der Waals surface area contributed by atoms with E-state index in [9.17, 15) is 0 Å². The Balaban J connectivity index is 6.05. The van der Waals surface area contributed by atoms with Crippen LogP contribution in [0.3, 0.4) is 0 Å². The first-order valence-electron chi connectivity index (χ1n) is 6.81. The molecule has 0 aliphatic rings. The van der Waals surface area contributed by atoms with Crippen molar-refractivity contribution in [1.29, 1.82) is 0 Å². The SMILES string of the molecule is CC(C)(C)S(C)(C)P(S(C)(C)C)S(C)(C)C(C)(C)C. The van der Waals surface area contributed by atoms with E-state index >= 15 is 0 Å². The van der Waals surface area contributed by atoms with E-state index in [1.807, 2.05) is 0 Å². The molecule has 19 heavy (non-hydrogen) atoms. The van der Waals surface area contributed by atoms with Gasteiger partial charge in [0.25, 0.3) is 0 Å². The van der Waals surface area contributed by atoms with E-state index in [1.54, 1.807) is 0 Å². The predicted molar refractivity (Wildman–Crippen MR) is 111 cm³/mol. The van der Waals surface area contributed by atoms with Crippen LogP contribution in [0.2, 0.25) is 0 Å². The van der Waals surface area contributed by atoms with Gasteiger partial charge in [0.15, 0.2) is 0 Å². The number of hydrogen-bond acceptors (Lipinski definition) is 0. The summed E-state index contributed by atoms with van der Waals surface area (Å²) in [6.45, 7) is 14.8. The zero-order valence-corrected chi connectivity index (χ0v) is 19.0. The maximum atomic E-state index is 2.62. The van der Waals surface area contributed by atoms with Crippen molar-refractivity contribution < 1.29 is 0 Å². The molecule has 0 fully saturated rings. The molecule has 0 bridgehead atoms. The summed E-state index contributed by atoms with van der Waals surface area (Å²) in [6.07, 6.45) is 18.2. The summed E-state index contributed by atoms with van der Waals surface area (Å²) in [5.41, 5.74) is 0.0856. The van der Waals surface area contributed by atoms with Crippen LogP contribution in [0.5, 0.6) is 0 Å². The summed E-state index contributed by atoms with van der Waals surface area (Å²) in [6, 6.07) is 0. The second kappa shape index (κ2) is 5.60. The first-order valence-corrected chi connectivity index (χ1v) is 17.7.